The van der Waals surface area contributed by atoms with E-state index in [1.165, 1.54) is 5.56 Å². The Morgan fingerprint density at radius 2 is 1.75 bits per heavy atom. The molecular formula is C16H22N4. The second kappa shape index (κ2) is 6.37. The first kappa shape index (κ1) is 14.3. The highest BCUT2D eigenvalue weighted by atomic mass is 15.1. The third-order valence-electron chi connectivity index (χ3n) is 3.27. The van der Waals surface area contributed by atoms with Gasteiger partial charge in [-0.25, -0.2) is 9.97 Å². The SMILES string of the molecule is CNc1cc(NC(C)(C)CCc2ccccc2)ncn1. The molecule has 0 aliphatic carbocycles. The van der Waals surface area contributed by atoms with Crippen LogP contribution in [-0.4, -0.2) is 22.6 Å². The van der Waals surface area contributed by atoms with Gasteiger partial charge in [0.1, 0.15) is 18.0 Å². The monoisotopic (exact) mass is 270 g/mol. The quantitative estimate of drug-likeness (QED) is 0.845. The molecule has 106 valence electrons. The van der Waals surface area contributed by atoms with Crippen molar-refractivity contribution in [2.24, 2.45) is 0 Å². The summed E-state index contributed by atoms with van der Waals surface area (Å²) in [5.41, 5.74) is 1.34. The maximum Gasteiger partial charge on any atom is 0.131 e. The topological polar surface area (TPSA) is 49.8 Å². The van der Waals surface area contributed by atoms with E-state index in [2.05, 4.69) is 58.7 Å². The van der Waals surface area contributed by atoms with E-state index >= 15 is 0 Å². The van der Waals surface area contributed by atoms with E-state index in [0.29, 0.717) is 0 Å². The Kier molecular flexibility index (Phi) is 4.56. The first-order valence-electron chi connectivity index (χ1n) is 6.91. The van der Waals surface area contributed by atoms with Crippen LogP contribution in [0.3, 0.4) is 0 Å². The molecule has 1 aromatic heterocycles. The first-order chi connectivity index (χ1) is 9.59. The van der Waals surface area contributed by atoms with E-state index in [1.807, 2.05) is 19.2 Å². The minimum atomic E-state index is -0.0186. The Morgan fingerprint density at radius 1 is 1.05 bits per heavy atom. The molecule has 2 rings (SSSR count). The molecule has 0 fully saturated rings. The second-order valence-corrected chi connectivity index (χ2v) is 5.53. The molecule has 0 radical (unpaired) electrons. The molecule has 0 aliphatic rings. The molecular weight excluding hydrogens is 248 g/mol. The van der Waals surface area contributed by atoms with Gasteiger partial charge in [-0.1, -0.05) is 30.3 Å². The average Bonchev–Trinajstić information content (AvgIpc) is 2.46. The lowest BCUT2D eigenvalue weighted by Gasteiger charge is -2.27. The van der Waals surface area contributed by atoms with E-state index < -0.39 is 0 Å². The van der Waals surface area contributed by atoms with Crippen molar-refractivity contribution in [2.45, 2.75) is 32.2 Å². The van der Waals surface area contributed by atoms with Crippen LogP contribution in [0.1, 0.15) is 25.8 Å². The Bertz CT molecular complexity index is 537. The van der Waals surface area contributed by atoms with Crippen LogP contribution in [0.5, 0.6) is 0 Å². The molecule has 4 heteroatoms. The Labute approximate surface area is 120 Å². The summed E-state index contributed by atoms with van der Waals surface area (Å²) >= 11 is 0. The van der Waals surface area contributed by atoms with Gasteiger partial charge in [-0.15, -0.1) is 0 Å². The normalized spacial score (nSPS) is 11.2. The molecule has 0 spiro atoms. The molecule has 0 atom stereocenters. The molecule has 1 heterocycles. The van der Waals surface area contributed by atoms with Crippen molar-refractivity contribution in [3.8, 4) is 0 Å². The zero-order valence-electron chi connectivity index (χ0n) is 12.4. The van der Waals surface area contributed by atoms with Gasteiger partial charge in [-0.2, -0.15) is 0 Å². The minimum absolute atomic E-state index is 0.0186. The average molecular weight is 270 g/mol. The van der Waals surface area contributed by atoms with Crippen molar-refractivity contribution in [1.82, 2.24) is 9.97 Å². The van der Waals surface area contributed by atoms with E-state index in [1.54, 1.807) is 6.33 Å². The Balaban J connectivity index is 1.96. The molecule has 0 saturated heterocycles. The molecule has 20 heavy (non-hydrogen) atoms. The molecule has 0 unspecified atom stereocenters. The van der Waals surface area contributed by atoms with Crippen molar-refractivity contribution >= 4 is 11.6 Å². The summed E-state index contributed by atoms with van der Waals surface area (Å²) in [4.78, 5) is 8.38. The van der Waals surface area contributed by atoms with Gasteiger partial charge >= 0.3 is 0 Å². The number of benzene rings is 1. The lowest BCUT2D eigenvalue weighted by molar-refractivity contribution is 0.516. The zero-order chi connectivity index (χ0) is 14.4. The fourth-order valence-corrected chi connectivity index (χ4v) is 2.07. The van der Waals surface area contributed by atoms with E-state index in [4.69, 9.17) is 0 Å². The second-order valence-electron chi connectivity index (χ2n) is 5.53. The van der Waals surface area contributed by atoms with Crippen molar-refractivity contribution in [3.05, 3.63) is 48.3 Å². The number of nitrogens with one attached hydrogen (secondary N) is 2. The summed E-state index contributed by atoms with van der Waals surface area (Å²) in [5, 5.41) is 6.49. The summed E-state index contributed by atoms with van der Waals surface area (Å²) in [6.07, 6.45) is 3.65. The lowest BCUT2D eigenvalue weighted by Crippen LogP contribution is -2.31. The highest BCUT2D eigenvalue weighted by Gasteiger charge is 2.18. The summed E-state index contributed by atoms with van der Waals surface area (Å²) in [6, 6.07) is 12.5. The van der Waals surface area contributed by atoms with Crippen LogP contribution >= 0.6 is 0 Å². The number of anilines is 2. The number of aromatic nitrogens is 2. The predicted octanol–water partition coefficient (Wildman–Crippen LogP) is 3.34. The van der Waals surface area contributed by atoms with Gasteiger partial charge in [0.05, 0.1) is 0 Å². The minimum Gasteiger partial charge on any atom is -0.373 e. The number of rotatable bonds is 6. The number of hydrogen-bond acceptors (Lipinski definition) is 4. The van der Waals surface area contributed by atoms with Crippen molar-refractivity contribution in [3.63, 3.8) is 0 Å². The summed E-state index contributed by atoms with van der Waals surface area (Å²) in [7, 11) is 1.85. The van der Waals surface area contributed by atoms with Crippen LogP contribution < -0.4 is 10.6 Å². The van der Waals surface area contributed by atoms with Crippen LogP contribution in [0.15, 0.2) is 42.7 Å². The molecule has 1 aromatic carbocycles. The largest absolute Gasteiger partial charge is 0.373 e. The van der Waals surface area contributed by atoms with Gasteiger partial charge in [0.25, 0.3) is 0 Å². The van der Waals surface area contributed by atoms with Gasteiger partial charge in [-0.05, 0) is 32.3 Å². The summed E-state index contributed by atoms with van der Waals surface area (Å²) in [6.45, 7) is 4.38. The van der Waals surface area contributed by atoms with Gasteiger partial charge in [0.15, 0.2) is 0 Å². The van der Waals surface area contributed by atoms with Crippen molar-refractivity contribution in [2.75, 3.05) is 17.7 Å². The molecule has 0 saturated carbocycles. The number of hydrogen-bond donors (Lipinski definition) is 2. The summed E-state index contributed by atoms with van der Waals surface area (Å²) < 4.78 is 0. The van der Waals surface area contributed by atoms with E-state index in [0.717, 1.165) is 24.5 Å². The first-order valence-corrected chi connectivity index (χ1v) is 6.91. The van der Waals surface area contributed by atoms with Crippen LogP contribution in [-0.2, 0) is 6.42 Å². The van der Waals surface area contributed by atoms with E-state index in [-0.39, 0.29) is 5.54 Å². The molecule has 2 aromatic rings. The van der Waals surface area contributed by atoms with Crippen molar-refractivity contribution < 1.29 is 0 Å². The smallest absolute Gasteiger partial charge is 0.131 e. The Hall–Kier alpha value is -2.10. The summed E-state index contributed by atoms with van der Waals surface area (Å²) in [5.74, 6) is 1.67. The van der Waals surface area contributed by atoms with Crippen LogP contribution in [0.4, 0.5) is 11.6 Å². The van der Waals surface area contributed by atoms with Crippen LogP contribution in [0.2, 0.25) is 0 Å². The van der Waals surface area contributed by atoms with Crippen LogP contribution in [0.25, 0.3) is 0 Å². The number of nitrogens with zero attached hydrogens (tertiary/aromatic N) is 2. The maximum atomic E-state index is 4.27. The van der Waals surface area contributed by atoms with Gasteiger partial charge in [-0.3, -0.25) is 0 Å². The zero-order valence-corrected chi connectivity index (χ0v) is 12.4. The van der Waals surface area contributed by atoms with Gasteiger partial charge < -0.3 is 10.6 Å². The maximum absolute atomic E-state index is 4.27. The molecule has 0 bridgehead atoms. The molecule has 4 nitrogen and oxygen atoms in total. The third kappa shape index (κ3) is 4.23. The molecule has 2 N–H and O–H groups in total. The molecule has 0 aliphatic heterocycles. The number of aryl methyl sites for hydroxylation is 1. The van der Waals surface area contributed by atoms with E-state index in [9.17, 15) is 0 Å². The highest BCUT2D eigenvalue weighted by Crippen LogP contribution is 2.20. The fourth-order valence-electron chi connectivity index (χ4n) is 2.07. The Morgan fingerprint density at radius 3 is 2.45 bits per heavy atom. The third-order valence-corrected chi connectivity index (χ3v) is 3.27. The van der Waals surface area contributed by atoms with Crippen molar-refractivity contribution in [1.29, 1.82) is 0 Å². The standard InChI is InChI=1S/C16H22N4/c1-16(2,10-9-13-7-5-4-6-8-13)20-15-11-14(17-3)18-12-19-15/h4-8,11-12H,9-10H2,1-3H3,(H2,17,18,19,20). The van der Waals surface area contributed by atoms with Gasteiger partial charge in [0.2, 0.25) is 0 Å². The molecule has 0 amide bonds. The predicted molar refractivity (Wildman–Crippen MR) is 84.0 cm³/mol. The fraction of sp³-hybridized carbons (Fsp3) is 0.375. The highest BCUT2D eigenvalue weighted by molar-refractivity contribution is 5.47. The van der Waals surface area contributed by atoms with Gasteiger partial charge in [0, 0.05) is 18.7 Å². The van der Waals surface area contributed by atoms with Crippen LogP contribution in [0, 0.1) is 0 Å². The lowest BCUT2D eigenvalue weighted by atomic mass is 9.95.